The van der Waals surface area contributed by atoms with Gasteiger partial charge in [0.25, 0.3) is 0 Å². The largest absolute Gasteiger partial charge is 0.475 e. The Hall–Kier alpha value is -1.37. The first-order valence-electron chi connectivity index (χ1n) is 5.98. The van der Waals surface area contributed by atoms with Crippen LogP contribution in [0.15, 0.2) is 16.5 Å². The van der Waals surface area contributed by atoms with E-state index in [0.29, 0.717) is 12.3 Å². The summed E-state index contributed by atoms with van der Waals surface area (Å²) >= 11 is 0. The van der Waals surface area contributed by atoms with E-state index in [4.69, 9.17) is 14.3 Å². The van der Waals surface area contributed by atoms with Crippen molar-refractivity contribution in [1.82, 2.24) is 10.2 Å². The minimum absolute atomic E-state index is 0.0274. The number of carboxylic acid groups (broad SMARTS) is 1. The van der Waals surface area contributed by atoms with Crippen molar-refractivity contribution in [3.05, 3.63) is 23.7 Å². The second-order valence-electron chi connectivity index (χ2n) is 4.46. The maximum Gasteiger partial charge on any atom is 0.371 e. The van der Waals surface area contributed by atoms with Gasteiger partial charge in [0.05, 0.1) is 19.3 Å². The van der Waals surface area contributed by atoms with E-state index in [1.807, 2.05) is 0 Å². The van der Waals surface area contributed by atoms with Gasteiger partial charge in [-0.05, 0) is 19.2 Å². The molecule has 1 fully saturated rings. The van der Waals surface area contributed by atoms with Gasteiger partial charge in [-0.15, -0.1) is 0 Å². The number of nitrogens with zero attached hydrogens (tertiary/aromatic N) is 1. The van der Waals surface area contributed by atoms with Gasteiger partial charge in [-0.3, -0.25) is 0 Å². The Kier molecular flexibility index (Phi) is 4.35. The van der Waals surface area contributed by atoms with Gasteiger partial charge in [0.2, 0.25) is 5.76 Å². The Labute approximate surface area is 106 Å². The third kappa shape index (κ3) is 3.56. The maximum atomic E-state index is 10.6. The van der Waals surface area contributed by atoms with Crippen LogP contribution >= 0.6 is 0 Å². The van der Waals surface area contributed by atoms with E-state index in [1.165, 1.54) is 6.07 Å². The third-order valence-corrected chi connectivity index (χ3v) is 2.89. The summed E-state index contributed by atoms with van der Waals surface area (Å²) in [5.41, 5.74) is 0. The van der Waals surface area contributed by atoms with Crippen molar-refractivity contribution in [3.63, 3.8) is 0 Å². The number of hydrogen-bond acceptors (Lipinski definition) is 5. The number of morpholine rings is 1. The Balaban J connectivity index is 1.72. The highest BCUT2D eigenvalue weighted by atomic mass is 16.5. The first kappa shape index (κ1) is 13.1. The number of furan rings is 1. The lowest BCUT2D eigenvalue weighted by Crippen LogP contribution is -2.44. The predicted octanol–water partition coefficient (Wildman–Crippen LogP) is 0.398. The van der Waals surface area contributed by atoms with Gasteiger partial charge in [-0.2, -0.15) is 0 Å². The molecule has 0 bridgehead atoms. The van der Waals surface area contributed by atoms with E-state index in [0.717, 1.165) is 26.2 Å². The van der Waals surface area contributed by atoms with Crippen molar-refractivity contribution in [1.29, 1.82) is 0 Å². The Morgan fingerprint density at radius 1 is 1.61 bits per heavy atom. The fourth-order valence-corrected chi connectivity index (χ4v) is 1.93. The number of hydrogen-bond donors (Lipinski definition) is 2. The molecule has 1 aromatic rings. The predicted molar refractivity (Wildman–Crippen MR) is 64.6 cm³/mol. The van der Waals surface area contributed by atoms with E-state index in [1.54, 1.807) is 6.07 Å². The number of carbonyl (C=O) groups is 1. The average Bonchev–Trinajstić information content (AvgIpc) is 2.78. The monoisotopic (exact) mass is 254 g/mol. The lowest BCUT2D eigenvalue weighted by molar-refractivity contribution is -0.0183. The average molecular weight is 254 g/mol. The van der Waals surface area contributed by atoms with Crippen LogP contribution in [-0.2, 0) is 11.3 Å². The Morgan fingerprint density at radius 2 is 2.44 bits per heavy atom. The highest BCUT2D eigenvalue weighted by Gasteiger charge is 2.17. The molecule has 0 saturated carbocycles. The zero-order valence-corrected chi connectivity index (χ0v) is 10.4. The van der Waals surface area contributed by atoms with Crippen LogP contribution in [0.4, 0.5) is 0 Å². The van der Waals surface area contributed by atoms with Crippen molar-refractivity contribution in [2.45, 2.75) is 12.6 Å². The molecule has 2 rings (SSSR count). The minimum Gasteiger partial charge on any atom is -0.475 e. The van der Waals surface area contributed by atoms with Gasteiger partial charge in [0.1, 0.15) is 5.76 Å². The summed E-state index contributed by atoms with van der Waals surface area (Å²) in [6.45, 7) is 3.87. The molecule has 0 aromatic carbocycles. The molecule has 0 spiro atoms. The van der Waals surface area contributed by atoms with E-state index in [-0.39, 0.29) is 11.9 Å². The smallest absolute Gasteiger partial charge is 0.371 e. The number of ether oxygens (including phenoxy) is 1. The first-order chi connectivity index (χ1) is 8.65. The van der Waals surface area contributed by atoms with Crippen LogP contribution < -0.4 is 5.32 Å². The topological polar surface area (TPSA) is 74.9 Å². The van der Waals surface area contributed by atoms with Crippen molar-refractivity contribution in [3.8, 4) is 0 Å². The molecule has 6 heteroatoms. The Morgan fingerprint density at radius 3 is 3.11 bits per heavy atom. The fraction of sp³-hybridized carbons (Fsp3) is 0.583. The highest BCUT2D eigenvalue weighted by Crippen LogP contribution is 2.08. The van der Waals surface area contributed by atoms with Crippen molar-refractivity contribution in [2.24, 2.45) is 0 Å². The summed E-state index contributed by atoms with van der Waals surface area (Å²) in [6.07, 6.45) is 0.178. The molecule has 2 N–H and O–H groups in total. The van der Waals surface area contributed by atoms with Crippen molar-refractivity contribution < 1.29 is 19.1 Å². The molecule has 2 heterocycles. The molecule has 1 saturated heterocycles. The summed E-state index contributed by atoms with van der Waals surface area (Å²) in [5, 5.41) is 11.9. The van der Waals surface area contributed by atoms with E-state index in [9.17, 15) is 4.79 Å². The minimum atomic E-state index is -1.04. The zero-order chi connectivity index (χ0) is 13.0. The van der Waals surface area contributed by atoms with Gasteiger partial charge < -0.3 is 24.5 Å². The van der Waals surface area contributed by atoms with Gasteiger partial charge >= 0.3 is 5.97 Å². The van der Waals surface area contributed by atoms with Crippen molar-refractivity contribution >= 4 is 5.97 Å². The first-order valence-corrected chi connectivity index (χ1v) is 5.98. The van der Waals surface area contributed by atoms with Gasteiger partial charge in [-0.25, -0.2) is 4.79 Å². The molecular weight excluding hydrogens is 236 g/mol. The van der Waals surface area contributed by atoms with Crippen LogP contribution in [0.25, 0.3) is 0 Å². The summed E-state index contributed by atoms with van der Waals surface area (Å²) in [6, 6.07) is 3.13. The van der Waals surface area contributed by atoms with Crippen LogP contribution in [0.5, 0.6) is 0 Å². The Bertz CT molecular complexity index is 405. The molecule has 1 aliphatic heterocycles. The third-order valence-electron chi connectivity index (χ3n) is 2.89. The molecule has 0 radical (unpaired) electrons. The zero-order valence-electron chi connectivity index (χ0n) is 10.4. The second kappa shape index (κ2) is 5.99. The molecule has 1 unspecified atom stereocenters. The molecule has 0 aliphatic carbocycles. The second-order valence-corrected chi connectivity index (χ2v) is 4.46. The lowest BCUT2D eigenvalue weighted by atomic mass is 10.3. The van der Waals surface area contributed by atoms with E-state index in [2.05, 4.69) is 17.3 Å². The fourth-order valence-electron chi connectivity index (χ4n) is 1.93. The highest BCUT2D eigenvalue weighted by molar-refractivity contribution is 5.84. The van der Waals surface area contributed by atoms with E-state index < -0.39 is 5.97 Å². The quantitative estimate of drug-likeness (QED) is 0.792. The number of likely N-dealkylation sites (N-methyl/N-ethyl adjacent to an activating group) is 1. The summed E-state index contributed by atoms with van der Waals surface area (Å²) in [7, 11) is 2.07. The number of carboxylic acids is 1. The lowest BCUT2D eigenvalue weighted by Gasteiger charge is -2.30. The molecule has 6 nitrogen and oxygen atoms in total. The van der Waals surface area contributed by atoms with Crippen LogP contribution in [-0.4, -0.2) is 55.4 Å². The molecule has 1 atom stereocenters. The van der Waals surface area contributed by atoms with Crippen LogP contribution in [0.2, 0.25) is 0 Å². The summed E-state index contributed by atoms with van der Waals surface area (Å²) in [5.74, 6) is -0.449. The number of nitrogens with one attached hydrogen (secondary N) is 1. The molecule has 1 aliphatic rings. The summed E-state index contributed by atoms with van der Waals surface area (Å²) < 4.78 is 10.7. The summed E-state index contributed by atoms with van der Waals surface area (Å²) in [4.78, 5) is 12.9. The van der Waals surface area contributed by atoms with E-state index >= 15 is 0 Å². The molecule has 100 valence electrons. The standard InChI is InChI=1S/C12H18N2O4/c1-14-4-5-17-10(8-14)7-13-6-9-2-3-11(18-9)12(15)16/h2-3,10,13H,4-8H2,1H3,(H,15,16). The van der Waals surface area contributed by atoms with Gasteiger partial charge in [0.15, 0.2) is 0 Å². The molecule has 0 amide bonds. The van der Waals surface area contributed by atoms with Crippen LogP contribution in [0, 0.1) is 0 Å². The maximum absolute atomic E-state index is 10.6. The van der Waals surface area contributed by atoms with Gasteiger partial charge in [0, 0.05) is 19.6 Å². The number of aromatic carboxylic acids is 1. The molecule has 1 aromatic heterocycles. The molecular formula is C12H18N2O4. The SMILES string of the molecule is CN1CCOC(CNCc2ccc(C(=O)O)o2)C1. The molecule has 18 heavy (non-hydrogen) atoms. The van der Waals surface area contributed by atoms with Crippen LogP contribution in [0.1, 0.15) is 16.3 Å². The van der Waals surface area contributed by atoms with Crippen LogP contribution in [0.3, 0.4) is 0 Å². The van der Waals surface area contributed by atoms with Gasteiger partial charge in [-0.1, -0.05) is 0 Å². The number of rotatable bonds is 5. The normalized spacial score (nSPS) is 21.1. The van der Waals surface area contributed by atoms with Crippen molar-refractivity contribution in [2.75, 3.05) is 33.3 Å².